The first-order valence-corrected chi connectivity index (χ1v) is 5.35. The summed E-state index contributed by atoms with van der Waals surface area (Å²) in [6.45, 7) is 9.67. The van der Waals surface area contributed by atoms with E-state index < -0.39 is 0 Å². The fraction of sp³-hybridized carbons (Fsp3) is 0.200. The summed E-state index contributed by atoms with van der Waals surface area (Å²) < 4.78 is 0. The molecule has 1 aromatic carbocycles. The molecule has 0 spiro atoms. The largest absolute Gasteiger partial charge is 0.0985 e. The molecule has 0 saturated heterocycles. The topological polar surface area (TPSA) is 0 Å². The Kier molecular flexibility index (Phi) is 4.62. The Morgan fingerprint density at radius 3 is 2.20 bits per heavy atom. The maximum Gasteiger partial charge on any atom is -0.0251 e. The van der Waals surface area contributed by atoms with E-state index in [0.29, 0.717) is 0 Å². The Bertz CT molecular complexity index is 342. The standard InChI is InChI=1S/C15H18/c1-4-7-14-8-10-15(11-9-14)12-13(5-2)6-3/h5-6,8-12H,2-4,7H2,1H3. The number of rotatable bonds is 5. The van der Waals surface area contributed by atoms with Gasteiger partial charge in [-0.3, -0.25) is 0 Å². The first-order chi connectivity index (χ1) is 7.30. The van der Waals surface area contributed by atoms with Crippen LogP contribution in [-0.2, 0) is 6.42 Å². The zero-order valence-corrected chi connectivity index (χ0v) is 9.37. The molecule has 0 N–H and O–H groups in total. The smallest absolute Gasteiger partial charge is 0.0251 e. The molecule has 0 aliphatic carbocycles. The summed E-state index contributed by atoms with van der Waals surface area (Å²) >= 11 is 0. The van der Waals surface area contributed by atoms with Crippen LogP contribution >= 0.6 is 0 Å². The normalized spacial score (nSPS) is 9.40. The van der Waals surface area contributed by atoms with E-state index in [9.17, 15) is 0 Å². The Morgan fingerprint density at radius 1 is 1.13 bits per heavy atom. The molecular weight excluding hydrogens is 180 g/mol. The predicted molar refractivity (Wildman–Crippen MR) is 68.8 cm³/mol. The Morgan fingerprint density at radius 2 is 1.73 bits per heavy atom. The van der Waals surface area contributed by atoms with E-state index in [4.69, 9.17) is 0 Å². The molecule has 0 amide bonds. The summed E-state index contributed by atoms with van der Waals surface area (Å²) in [6.07, 6.45) is 8.05. The minimum absolute atomic E-state index is 1.05. The van der Waals surface area contributed by atoms with Crippen LogP contribution in [0.3, 0.4) is 0 Å². The fourth-order valence-electron chi connectivity index (χ4n) is 1.46. The highest BCUT2D eigenvalue weighted by molar-refractivity contribution is 5.59. The Balaban J connectivity index is 2.84. The monoisotopic (exact) mass is 198 g/mol. The number of hydrogen-bond donors (Lipinski definition) is 0. The van der Waals surface area contributed by atoms with Crippen LogP contribution in [0, 0.1) is 0 Å². The highest BCUT2D eigenvalue weighted by atomic mass is 14.0. The minimum Gasteiger partial charge on any atom is -0.0985 e. The van der Waals surface area contributed by atoms with Crippen LogP contribution in [0.2, 0.25) is 0 Å². The lowest BCUT2D eigenvalue weighted by Gasteiger charge is -2.00. The maximum atomic E-state index is 3.74. The van der Waals surface area contributed by atoms with Gasteiger partial charge in [-0.2, -0.15) is 0 Å². The van der Waals surface area contributed by atoms with Gasteiger partial charge in [0.15, 0.2) is 0 Å². The van der Waals surface area contributed by atoms with Crippen molar-refractivity contribution in [3.8, 4) is 0 Å². The van der Waals surface area contributed by atoms with Crippen LogP contribution in [0.15, 0.2) is 55.1 Å². The summed E-state index contributed by atoms with van der Waals surface area (Å²) in [4.78, 5) is 0. The summed E-state index contributed by atoms with van der Waals surface area (Å²) in [5.74, 6) is 0. The molecule has 0 nitrogen and oxygen atoms in total. The van der Waals surface area contributed by atoms with Crippen molar-refractivity contribution in [3.05, 3.63) is 66.3 Å². The minimum atomic E-state index is 1.05. The number of hydrogen-bond acceptors (Lipinski definition) is 0. The van der Waals surface area contributed by atoms with Crippen molar-refractivity contribution in [1.29, 1.82) is 0 Å². The van der Waals surface area contributed by atoms with Gasteiger partial charge >= 0.3 is 0 Å². The second-order valence-electron chi connectivity index (χ2n) is 3.54. The summed E-state index contributed by atoms with van der Waals surface area (Å²) in [5, 5.41) is 0. The molecule has 0 heteroatoms. The highest BCUT2D eigenvalue weighted by Crippen LogP contribution is 2.11. The van der Waals surface area contributed by atoms with Crippen LogP contribution in [0.1, 0.15) is 24.5 Å². The van der Waals surface area contributed by atoms with Crippen LogP contribution in [0.5, 0.6) is 0 Å². The number of benzene rings is 1. The van der Waals surface area contributed by atoms with Gasteiger partial charge in [0.1, 0.15) is 0 Å². The van der Waals surface area contributed by atoms with Gasteiger partial charge in [0.25, 0.3) is 0 Å². The SMILES string of the molecule is C=CC(C=C)=Cc1ccc(CCC)cc1. The second kappa shape index (κ2) is 6.02. The van der Waals surface area contributed by atoms with Gasteiger partial charge < -0.3 is 0 Å². The molecule has 78 valence electrons. The maximum absolute atomic E-state index is 3.74. The zero-order valence-electron chi connectivity index (χ0n) is 9.37. The Labute approximate surface area is 92.6 Å². The third kappa shape index (κ3) is 3.59. The van der Waals surface area contributed by atoms with Crippen molar-refractivity contribution in [2.24, 2.45) is 0 Å². The van der Waals surface area contributed by atoms with Crippen molar-refractivity contribution in [2.45, 2.75) is 19.8 Å². The van der Waals surface area contributed by atoms with Gasteiger partial charge in [0.2, 0.25) is 0 Å². The Hall–Kier alpha value is -1.56. The molecule has 0 aliphatic rings. The van der Waals surface area contributed by atoms with Gasteiger partial charge in [0, 0.05) is 0 Å². The molecule has 0 saturated carbocycles. The molecule has 0 aromatic heterocycles. The number of aryl methyl sites for hydroxylation is 1. The van der Waals surface area contributed by atoms with E-state index in [1.54, 1.807) is 0 Å². The molecule has 0 heterocycles. The molecule has 1 rings (SSSR count). The molecule has 0 unspecified atom stereocenters. The first-order valence-electron chi connectivity index (χ1n) is 5.35. The van der Waals surface area contributed by atoms with Crippen molar-refractivity contribution < 1.29 is 0 Å². The third-order valence-corrected chi connectivity index (χ3v) is 2.32. The van der Waals surface area contributed by atoms with E-state index >= 15 is 0 Å². The predicted octanol–water partition coefficient (Wildman–Crippen LogP) is 4.39. The quantitative estimate of drug-likeness (QED) is 0.615. The third-order valence-electron chi connectivity index (χ3n) is 2.32. The van der Waals surface area contributed by atoms with Crippen LogP contribution in [0.4, 0.5) is 0 Å². The summed E-state index contributed by atoms with van der Waals surface area (Å²) in [5.41, 5.74) is 3.65. The van der Waals surface area contributed by atoms with Crippen molar-refractivity contribution in [1.82, 2.24) is 0 Å². The summed E-state index contributed by atoms with van der Waals surface area (Å²) in [6, 6.07) is 8.63. The van der Waals surface area contributed by atoms with Gasteiger partial charge in [-0.05, 0) is 29.2 Å². The van der Waals surface area contributed by atoms with Crippen molar-refractivity contribution in [3.63, 3.8) is 0 Å². The van der Waals surface area contributed by atoms with Crippen LogP contribution in [0.25, 0.3) is 6.08 Å². The molecule has 0 radical (unpaired) electrons. The molecule has 0 bridgehead atoms. The van der Waals surface area contributed by atoms with Gasteiger partial charge in [-0.15, -0.1) is 0 Å². The van der Waals surface area contributed by atoms with Gasteiger partial charge in [-0.1, -0.05) is 62.9 Å². The average Bonchev–Trinajstić information content (AvgIpc) is 2.28. The highest BCUT2D eigenvalue weighted by Gasteiger charge is 1.92. The van der Waals surface area contributed by atoms with Crippen molar-refractivity contribution >= 4 is 6.08 Å². The van der Waals surface area contributed by atoms with Gasteiger partial charge in [-0.25, -0.2) is 0 Å². The van der Waals surface area contributed by atoms with E-state index in [-0.39, 0.29) is 0 Å². The fourth-order valence-corrected chi connectivity index (χ4v) is 1.46. The van der Waals surface area contributed by atoms with Crippen LogP contribution in [-0.4, -0.2) is 0 Å². The van der Waals surface area contributed by atoms with E-state index in [1.165, 1.54) is 17.5 Å². The van der Waals surface area contributed by atoms with E-state index in [2.05, 4.69) is 50.4 Å². The van der Waals surface area contributed by atoms with Crippen molar-refractivity contribution in [2.75, 3.05) is 0 Å². The first kappa shape index (κ1) is 11.5. The molecule has 15 heavy (non-hydrogen) atoms. The average molecular weight is 198 g/mol. The van der Waals surface area contributed by atoms with Crippen LogP contribution < -0.4 is 0 Å². The van der Waals surface area contributed by atoms with E-state index in [1.807, 2.05) is 12.2 Å². The zero-order chi connectivity index (χ0) is 11.1. The lowest BCUT2D eigenvalue weighted by Crippen LogP contribution is -1.82. The summed E-state index contributed by atoms with van der Waals surface area (Å²) in [7, 11) is 0. The molecule has 0 aliphatic heterocycles. The second-order valence-corrected chi connectivity index (χ2v) is 3.54. The van der Waals surface area contributed by atoms with Gasteiger partial charge in [0.05, 0.1) is 0 Å². The lowest BCUT2D eigenvalue weighted by atomic mass is 10.1. The number of allylic oxidation sites excluding steroid dienone is 3. The molecule has 0 fully saturated rings. The molecular formula is C15H18. The van der Waals surface area contributed by atoms with E-state index in [0.717, 1.165) is 12.0 Å². The lowest BCUT2D eigenvalue weighted by molar-refractivity contribution is 0.922. The molecule has 0 atom stereocenters. The molecule has 1 aromatic rings.